The first-order valence-corrected chi connectivity index (χ1v) is 11.6. The van der Waals surface area contributed by atoms with Crippen molar-refractivity contribution in [3.8, 4) is 0 Å². The number of anilines is 3. The van der Waals surface area contributed by atoms with Crippen molar-refractivity contribution in [3.05, 3.63) is 64.4 Å². The van der Waals surface area contributed by atoms with Crippen LogP contribution in [0.25, 0.3) is 0 Å². The lowest BCUT2D eigenvalue weighted by Gasteiger charge is -2.30. The van der Waals surface area contributed by atoms with E-state index >= 15 is 0 Å². The number of fused-ring (bicyclic) bond motifs is 1. The van der Waals surface area contributed by atoms with Crippen LogP contribution in [0, 0.1) is 0 Å². The Kier molecular flexibility index (Phi) is 5.89. The first-order chi connectivity index (χ1) is 14.3. The van der Waals surface area contributed by atoms with Crippen molar-refractivity contribution in [3.63, 3.8) is 0 Å². The summed E-state index contributed by atoms with van der Waals surface area (Å²) in [4.78, 5) is 16.2. The van der Waals surface area contributed by atoms with Crippen molar-refractivity contribution >= 4 is 40.7 Å². The molecule has 0 saturated carbocycles. The third kappa shape index (κ3) is 4.40. The predicted octanol–water partition coefficient (Wildman–Crippen LogP) is 5.85. The molecule has 30 heavy (non-hydrogen) atoms. The van der Waals surface area contributed by atoms with Crippen LogP contribution in [0.3, 0.4) is 0 Å². The van der Waals surface area contributed by atoms with E-state index in [0.29, 0.717) is 11.6 Å². The smallest absolute Gasteiger partial charge is 0.189 e. The predicted molar refractivity (Wildman–Crippen MR) is 126 cm³/mol. The highest BCUT2D eigenvalue weighted by atomic mass is 35.5. The van der Waals surface area contributed by atoms with Crippen molar-refractivity contribution in [2.45, 2.75) is 44.3 Å². The molecule has 5 nitrogen and oxygen atoms in total. The average Bonchev–Trinajstić information content (AvgIpc) is 2.73. The SMILES string of the molecule is CSc1nc2c(c(Nc3ccc(C(C)(C)C)cc3)n1)CCN(c1ncccc1Cl)C2. The lowest BCUT2D eigenvalue weighted by molar-refractivity contribution is 0.590. The third-order valence-electron chi connectivity index (χ3n) is 5.28. The fourth-order valence-corrected chi connectivity index (χ4v) is 4.21. The van der Waals surface area contributed by atoms with Crippen LogP contribution in [0.15, 0.2) is 47.8 Å². The van der Waals surface area contributed by atoms with Gasteiger partial charge in [-0.05, 0) is 47.9 Å². The number of aromatic nitrogens is 3. The van der Waals surface area contributed by atoms with E-state index < -0.39 is 0 Å². The summed E-state index contributed by atoms with van der Waals surface area (Å²) in [7, 11) is 0. The molecule has 0 atom stereocenters. The number of benzene rings is 1. The van der Waals surface area contributed by atoms with Crippen LogP contribution in [0.2, 0.25) is 5.02 Å². The minimum atomic E-state index is 0.134. The number of pyridine rings is 1. The Hall–Kier alpha value is -2.31. The second kappa shape index (κ2) is 8.44. The zero-order chi connectivity index (χ0) is 21.3. The van der Waals surface area contributed by atoms with Crippen LogP contribution < -0.4 is 10.2 Å². The highest BCUT2D eigenvalue weighted by molar-refractivity contribution is 7.98. The second-order valence-electron chi connectivity index (χ2n) is 8.42. The lowest BCUT2D eigenvalue weighted by atomic mass is 9.87. The molecule has 1 aromatic carbocycles. The van der Waals surface area contributed by atoms with Crippen molar-refractivity contribution in [2.75, 3.05) is 23.0 Å². The molecule has 0 spiro atoms. The number of hydrogen-bond donors (Lipinski definition) is 1. The van der Waals surface area contributed by atoms with Gasteiger partial charge in [0, 0.05) is 24.0 Å². The monoisotopic (exact) mass is 439 g/mol. The van der Waals surface area contributed by atoms with E-state index in [9.17, 15) is 0 Å². The fraction of sp³-hybridized carbons (Fsp3) is 0.348. The molecule has 0 fully saturated rings. The summed E-state index contributed by atoms with van der Waals surface area (Å²) in [5.41, 5.74) is 4.67. The van der Waals surface area contributed by atoms with E-state index in [0.717, 1.165) is 46.7 Å². The van der Waals surface area contributed by atoms with Gasteiger partial charge in [0.15, 0.2) is 5.16 Å². The maximum atomic E-state index is 6.37. The number of nitrogens with zero attached hydrogens (tertiary/aromatic N) is 4. The van der Waals surface area contributed by atoms with Crippen LogP contribution in [0.1, 0.15) is 37.6 Å². The van der Waals surface area contributed by atoms with Gasteiger partial charge in [-0.25, -0.2) is 15.0 Å². The minimum absolute atomic E-state index is 0.134. The maximum Gasteiger partial charge on any atom is 0.189 e. The van der Waals surface area contributed by atoms with Gasteiger partial charge in [0.1, 0.15) is 11.6 Å². The molecular weight excluding hydrogens is 414 g/mol. The molecule has 0 bridgehead atoms. The highest BCUT2D eigenvalue weighted by Crippen LogP contribution is 2.32. The van der Waals surface area contributed by atoms with Crippen molar-refractivity contribution in [2.24, 2.45) is 0 Å². The van der Waals surface area contributed by atoms with Crippen LogP contribution in [-0.2, 0) is 18.4 Å². The van der Waals surface area contributed by atoms with E-state index in [1.807, 2.05) is 18.4 Å². The zero-order valence-electron chi connectivity index (χ0n) is 17.7. The molecule has 156 valence electrons. The molecule has 0 aliphatic carbocycles. The van der Waals surface area contributed by atoms with Crippen LogP contribution >= 0.6 is 23.4 Å². The molecule has 4 rings (SSSR count). The van der Waals surface area contributed by atoms with E-state index in [2.05, 4.69) is 60.2 Å². The van der Waals surface area contributed by atoms with Gasteiger partial charge in [-0.2, -0.15) is 0 Å². The van der Waals surface area contributed by atoms with Gasteiger partial charge in [0.2, 0.25) is 0 Å². The molecule has 0 unspecified atom stereocenters. The van der Waals surface area contributed by atoms with Crippen LogP contribution in [-0.4, -0.2) is 27.8 Å². The summed E-state index contributed by atoms with van der Waals surface area (Å²) in [6.07, 6.45) is 4.61. The summed E-state index contributed by atoms with van der Waals surface area (Å²) >= 11 is 7.92. The van der Waals surface area contributed by atoms with Gasteiger partial charge in [-0.1, -0.05) is 56.3 Å². The quantitative estimate of drug-likeness (QED) is 0.406. The topological polar surface area (TPSA) is 53.9 Å². The molecule has 0 radical (unpaired) electrons. The number of rotatable bonds is 4. The Morgan fingerprint density at radius 2 is 1.87 bits per heavy atom. The Balaban J connectivity index is 1.63. The maximum absolute atomic E-state index is 6.37. The minimum Gasteiger partial charge on any atom is -0.349 e. The summed E-state index contributed by atoms with van der Waals surface area (Å²) < 4.78 is 0. The Morgan fingerprint density at radius 3 is 2.53 bits per heavy atom. The number of halogens is 1. The van der Waals surface area contributed by atoms with Crippen molar-refractivity contribution in [1.29, 1.82) is 0 Å². The molecule has 3 heterocycles. The first kappa shape index (κ1) is 20.9. The molecule has 1 aliphatic rings. The van der Waals surface area contributed by atoms with E-state index in [4.69, 9.17) is 21.6 Å². The Labute approximate surface area is 187 Å². The molecule has 2 aromatic heterocycles. The number of hydrogen-bond acceptors (Lipinski definition) is 6. The van der Waals surface area contributed by atoms with Gasteiger partial charge in [-0.3, -0.25) is 0 Å². The van der Waals surface area contributed by atoms with Gasteiger partial charge in [-0.15, -0.1) is 0 Å². The Bertz CT molecular complexity index is 1050. The van der Waals surface area contributed by atoms with Crippen molar-refractivity contribution in [1.82, 2.24) is 15.0 Å². The summed E-state index contributed by atoms with van der Waals surface area (Å²) in [5, 5.41) is 4.95. The second-order valence-corrected chi connectivity index (χ2v) is 9.60. The molecule has 1 aliphatic heterocycles. The summed E-state index contributed by atoms with van der Waals surface area (Å²) in [6, 6.07) is 12.3. The van der Waals surface area contributed by atoms with E-state index in [-0.39, 0.29) is 5.41 Å². The number of thioether (sulfide) groups is 1. The normalized spacial score (nSPS) is 13.8. The molecule has 0 amide bonds. The molecule has 7 heteroatoms. The van der Waals surface area contributed by atoms with Crippen molar-refractivity contribution < 1.29 is 0 Å². The average molecular weight is 440 g/mol. The fourth-order valence-electron chi connectivity index (χ4n) is 3.58. The lowest BCUT2D eigenvalue weighted by Crippen LogP contribution is -2.32. The summed E-state index contributed by atoms with van der Waals surface area (Å²) in [6.45, 7) is 8.16. The summed E-state index contributed by atoms with van der Waals surface area (Å²) in [5.74, 6) is 1.70. The largest absolute Gasteiger partial charge is 0.349 e. The molecule has 0 saturated heterocycles. The molecular formula is C23H26ClN5S. The van der Waals surface area contributed by atoms with Gasteiger partial charge in [0.25, 0.3) is 0 Å². The zero-order valence-corrected chi connectivity index (χ0v) is 19.3. The molecule has 3 aromatic rings. The third-order valence-corrected chi connectivity index (χ3v) is 6.12. The van der Waals surface area contributed by atoms with E-state index in [1.54, 1.807) is 18.0 Å². The molecule has 1 N–H and O–H groups in total. The van der Waals surface area contributed by atoms with Gasteiger partial charge >= 0.3 is 0 Å². The highest BCUT2D eigenvalue weighted by Gasteiger charge is 2.24. The standard InChI is InChI=1S/C23H26ClN5S/c1-23(2,3)15-7-9-16(10-8-15)26-20-17-11-13-29(21-18(24)6-5-12-25-21)14-19(17)27-22(28-20)30-4/h5-10,12H,11,13-14H2,1-4H3,(H,26,27,28). The van der Waals surface area contributed by atoms with Gasteiger partial charge < -0.3 is 10.2 Å². The van der Waals surface area contributed by atoms with Crippen LogP contribution in [0.5, 0.6) is 0 Å². The first-order valence-electron chi connectivity index (χ1n) is 10.0. The van der Waals surface area contributed by atoms with E-state index in [1.165, 1.54) is 5.56 Å². The van der Waals surface area contributed by atoms with Crippen LogP contribution in [0.4, 0.5) is 17.3 Å². The Morgan fingerprint density at radius 1 is 1.10 bits per heavy atom. The number of nitrogens with one attached hydrogen (secondary N) is 1. The van der Waals surface area contributed by atoms with Gasteiger partial charge in [0.05, 0.1) is 17.3 Å².